The minimum atomic E-state index is -0.332. The van der Waals surface area contributed by atoms with Gasteiger partial charge < -0.3 is 10.2 Å². The van der Waals surface area contributed by atoms with Crippen LogP contribution in [0, 0.1) is 11.2 Å². The number of carbonyl (C=O) groups excluding carboxylic acids is 1. The van der Waals surface area contributed by atoms with E-state index >= 15 is 0 Å². The van der Waals surface area contributed by atoms with E-state index in [4.69, 9.17) is 0 Å². The van der Waals surface area contributed by atoms with E-state index in [1.54, 1.807) is 24.1 Å². The molecule has 1 aromatic rings. The molecule has 1 aromatic carbocycles. The summed E-state index contributed by atoms with van der Waals surface area (Å²) in [4.78, 5) is 14.1. The van der Waals surface area contributed by atoms with Gasteiger partial charge in [0.15, 0.2) is 0 Å². The van der Waals surface area contributed by atoms with Gasteiger partial charge in [0.25, 0.3) is 0 Å². The fraction of sp³-hybridized carbons (Fsp3) is 0.500. The van der Waals surface area contributed by atoms with Gasteiger partial charge in [0.2, 0.25) is 5.91 Å². The highest BCUT2D eigenvalue weighted by Crippen LogP contribution is 2.33. The van der Waals surface area contributed by atoms with Gasteiger partial charge in [0, 0.05) is 19.3 Å². The van der Waals surface area contributed by atoms with Gasteiger partial charge >= 0.3 is 0 Å². The van der Waals surface area contributed by atoms with E-state index in [0.717, 1.165) is 19.4 Å². The normalized spacial score (nSPS) is 23.1. The standard InChI is InChI=1S/C14H19FN2O/c1-3-14(7-8-16-10-14)13(18)17(2)12-6-4-5-11(15)9-12/h4-6,9,16H,3,7-8,10H2,1-2H3. The van der Waals surface area contributed by atoms with E-state index in [-0.39, 0.29) is 17.1 Å². The fourth-order valence-corrected chi connectivity index (χ4v) is 2.54. The predicted octanol–water partition coefficient (Wildman–Crippen LogP) is 2.18. The second kappa shape index (κ2) is 5.06. The van der Waals surface area contributed by atoms with Crippen LogP contribution >= 0.6 is 0 Å². The number of hydrogen-bond acceptors (Lipinski definition) is 2. The SMILES string of the molecule is CCC1(C(=O)N(C)c2cccc(F)c2)CCNC1. The number of halogens is 1. The van der Waals surface area contributed by atoms with Gasteiger partial charge in [-0.2, -0.15) is 0 Å². The zero-order valence-electron chi connectivity index (χ0n) is 10.9. The molecule has 1 saturated heterocycles. The number of rotatable bonds is 3. The van der Waals surface area contributed by atoms with Crippen LogP contribution < -0.4 is 10.2 Å². The number of amides is 1. The Morgan fingerprint density at radius 3 is 2.89 bits per heavy atom. The van der Waals surface area contributed by atoms with Gasteiger partial charge in [-0.15, -0.1) is 0 Å². The molecule has 1 amide bonds. The maximum Gasteiger partial charge on any atom is 0.234 e. The molecule has 1 N–H and O–H groups in total. The molecule has 18 heavy (non-hydrogen) atoms. The van der Waals surface area contributed by atoms with Crippen LogP contribution in [0.4, 0.5) is 10.1 Å². The number of hydrogen-bond donors (Lipinski definition) is 1. The monoisotopic (exact) mass is 250 g/mol. The number of nitrogens with zero attached hydrogens (tertiary/aromatic N) is 1. The molecule has 0 bridgehead atoms. The molecular weight excluding hydrogens is 231 g/mol. The van der Waals surface area contributed by atoms with Crippen LogP contribution in [0.3, 0.4) is 0 Å². The summed E-state index contributed by atoms with van der Waals surface area (Å²) >= 11 is 0. The Kier molecular flexibility index (Phi) is 3.66. The first-order chi connectivity index (χ1) is 8.59. The van der Waals surface area contributed by atoms with Crippen molar-refractivity contribution in [3.05, 3.63) is 30.1 Å². The third-order valence-electron chi connectivity index (χ3n) is 3.87. The molecule has 2 rings (SSSR count). The summed E-state index contributed by atoms with van der Waals surface area (Å²) in [7, 11) is 1.72. The molecule has 1 aliphatic heterocycles. The van der Waals surface area contributed by atoms with Crippen LogP contribution in [0.2, 0.25) is 0 Å². The van der Waals surface area contributed by atoms with Crippen LogP contribution in [0.5, 0.6) is 0 Å². The third kappa shape index (κ3) is 2.25. The molecule has 3 nitrogen and oxygen atoms in total. The zero-order chi connectivity index (χ0) is 13.2. The number of nitrogens with one attached hydrogen (secondary N) is 1. The summed E-state index contributed by atoms with van der Waals surface area (Å²) < 4.78 is 13.2. The number of anilines is 1. The largest absolute Gasteiger partial charge is 0.316 e. The minimum absolute atomic E-state index is 0.0700. The van der Waals surface area contributed by atoms with E-state index in [9.17, 15) is 9.18 Å². The summed E-state index contributed by atoms with van der Waals surface area (Å²) in [5.41, 5.74) is 0.279. The molecule has 0 spiro atoms. The highest BCUT2D eigenvalue weighted by Gasteiger charge is 2.41. The topological polar surface area (TPSA) is 32.3 Å². The molecule has 1 aliphatic rings. The number of benzene rings is 1. The Morgan fingerprint density at radius 2 is 2.33 bits per heavy atom. The van der Waals surface area contributed by atoms with Crippen molar-refractivity contribution in [2.45, 2.75) is 19.8 Å². The van der Waals surface area contributed by atoms with Gasteiger partial charge in [-0.1, -0.05) is 13.0 Å². The van der Waals surface area contributed by atoms with Crippen LogP contribution in [0.1, 0.15) is 19.8 Å². The van der Waals surface area contributed by atoms with E-state index in [1.165, 1.54) is 12.1 Å². The second-order valence-electron chi connectivity index (χ2n) is 4.90. The molecule has 0 saturated carbocycles. The maximum atomic E-state index is 13.2. The summed E-state index contributed by atoms with van der Waals surface area (Å²) in [6, 6.07) is 6.16. The van der Waals surface area contributed by atoms with Crippen LogP contribution in [0.25, 0.3) is 0 Å². The van der Waals surface area contributed by atoms with Gasteiger partial charge in [-0.05, 0) is 37.6 Å². The summed E-state index contributed by atoms with van der Waals surface area (Å²) in [5.74, 6) is -0.247. The Labute approximate surface area is 107 Å². The van der Waals surface area contributed by atoms with Crippen molar-refractivity contribution in [1.82, 2.24) is 5.32 Å². The molecule has 1 unspecified atom stereocenters. The predicted molar refractivity (Wildman–Crippen MR) is 70.0 cm³/mol. The molecular formula is C14H19FN2O. The van der Waals surface area contributed by atoms with Crippen LogP contribution in [0.15, 0.2) is 24.3 Å². The molecule has 1 heterocycles. The number of carbonyl (C=O) groups is 1. The Morgan fingerprint density at radius 1 is 1.56 bits per heavy atom. The van der Waals surface area contributed by atoms with Gasteiger partial charge in [0.1, 0.15) is 5.82 Å². The van der Waals surface area contributed by atoms with Gasteiger partial charge in [0.05, 0.1) is 5.41 Å². The first-order valence-corrected chi connectivity index (χ1v) is 6.33. The van der Waals surface area contributed by atoms with Crippen molar-refractivity contribution >= 4 is 11.6 Å². The maximum absolute atomic E-state index is 13.2. The Balaban J connectivity index is 2.23. The van der Waals surface area contributed by atoms with Crippen molar-refractivity contribution in [2.24, 2.45) is 5.41 Å². The van der Waals surface area contributed by atoms with Crippen molar-refractivity contribution in [3.8, 4) is 0 Å². The van der Waals surface area contributed by atoms with Crippen molar-refractivity contribution in [2.75, 3.05) is 25.0 Å². The van der Waals surface area contributed by atoms with E-state index in [1.807, 2.05) is 6.92 Å². The molecule has 0 aromatic heterocycles. The lowest BCUT2D eigenvalue weighted by molar-refractivity contribution is -0.127. The Hall–Kier alpha value is -1.42. The van der Waals surface area contributed by atoms with E-state index in [2.05, 4.69) is 5.32 Å². The molecule has 1 fully saturated rings. The molecule has 0 radical (unpaired) electrons. The zero-order valence-corrected chi connectivity index (χ0v) is 10.9. The van der Waals surface area contributed by atoms with Gasteiger partial charge in [-0.25, -0.2) is 4.39 Å². The van der Waals surface area contributed by atoms with Gasteiger partial charge in [-0.3, -0.25) is 4.79 Å². The van der Waals surface area contributed by atoms with Crippen LogP contribution in [-0.2, 0) is 4.79 Å². The lowest BCUT2D eigenvalue weighted by atomic mass is 9.82. The summed E-state index contributed by atoms with van der Waals surface area (Å²) in [5, 5.41) is 3.24. The highest BCUT2D eigenvalue weighted by molar-refractivity contribution is 5.97. The molecule has 1 atom stereocenters. The highest BCUT2D eigenvalue weighted by atomic mass is 19.1. The van der Waals surface area contributed by atoms with E-state index in [0.29, 0.717) is 12.2 Å². The lowest BCUT2D eigenvalue weighted by Crippen LogP contribution is -2.43. The van der Waals surface area contributed by atoms with Crippen LogP contribution in [-0.4, -0.2) is 26.0 Å². The summed E-state index contributed by atoms with van der Waals surface area (Å²) in [6.45, 7) is 3.61. The quantitative estimate of drug-likeness (QED) is 0.891. The van der Waals surface area contributed by atoms with Crippen molar-refractivity contribution in [1.29, 1.82) is 0 Å². The molecule has 4 heteroatoms. The average molecular weight is 250 g/mol. The lowest BCUT2D eigenvalue weighted by Gasteiger charge is -2.30. The van der Waals surface area contributed by atoms with Crippen molar-refractivity contribution < 1.29 is 9.18 Å². The van der Waals surface area contributed by atoms with Crippen molar-refractivity contribution in [3.63, 3.8) is 0 Å². The first kappa shape index (κ1) is 13.0. The Bertz CT molecular complexity index is 441. The molecule has 0 aliphatic carbocycles. The average Bonchev–Trinajstić information content (AvgIpc) is 2.87. The fourth-order valence-electron chi connectivity index (χ4n) is 2.54. The van der Waals surface area contributed by atoms with E-state index < -0.39 is 0 Å². The smallest absolute Gasteiger partial charge is 0.234 e. The summed E-state index contributed by atoms with van der Waals surface area (Å²) in [6.07, 6.45) is 1.65. The second-order valence-corrected chi connectivity index (χ2v) is 4.90. The first-order valence-electron chi connectivity index (χ1n) is 6.33. The molecule has 98 valence electrons. The minimum Gasteiger partial charge on any atom is -0.316 e. The third-order valence-corrected chi connectivity index (χ3v) is 3.87.